The minimum Gasteiger partial charge on any atom is -0.508 e. The van der Waals surface area contributed by atoms with Crippen molar-refractivity contribution in [3.8, 4) is 11.5 Å². The van der Waals surface area contributed by atoms with Gasteiger partial charge in [-0.2, -0.15) is 0 Å². The molecule has 1 aromatic rings. The summed E-state index contributed by atoms with van der Waals surface area (Å²) >= 11 is 5.97. The Labute approximate surface area is 82.3 Å². The molecule has 72 valence electrons. The Balaban J connectivity index is 3.13. The van der Waals surface area contributed by atoms with Crippen molar-refractivity contribution >= 4 is 11.6 Å². The summed E-state index contributed by atoms with van der Waals surface area (Å²) in [6, 6.07) is 3.20. The zero-order chi connectivity index (χ0) is 9.84. The topological polar surface area (TPSA) is 41.5 Å². The van der Waals surface area contributed by atoms with E-state index in [1.807, 2.05) is 0 Å². The highest BCUT2D eigenvalue weighted by molar-refractivity contribution is 6.33. The number of hydrogen-bond donors (Lipinski definition) is 2. The molecule has 0 aromatic heterocycles. The smallest absolute Gasteiger partial charge is 0.138 e. The summed E-state index contributed by atoms with van der Waals surface area (Å²) in [7, 11) is 3.33. The van der Waals surface area contributed by atoms with Crippen LogP contribution in [-0.4, -0.2) is 19.3 Å². The molecule has 0 atom stereocenters. The van der Waals surface area contributed by atoms with Crippen molar-refractivity contribution in [2.75, 3.05) is 14.2 Å². The van der Waals surface area contributed by atoms with Gasteiger partial charge in [-0.25, -0.2) is 0 Å². The lowest BCUT2D eigenvalue weighted by Gasteiger charge is -2.09. The van der Waals surface area contributed by atoms with E-state index in [-0.39, 0.29) is 5.75 Å². The van der Waals surface area contributed by atoms with Crippen LogP contribution in [0.1, 0.15) is 5.56 Å². The van der Waals surface area contributed by atoms with Gasteiger partial charge in [0.2, 0.25) is 0 Å². The average Bonchev–Trinajstić information content (AvgIpc) is 2.12. The highest BCUT2D eigenvalue weighted by Crippen LogP contribution is 2.33. The van der Waals surface area contributed by atoms with Crippen LogP contribution in [0.2, 0.25) is 5.02 Å². The molecular formula is C9H12ClNO2. The Morgan fingerprint density at radius 1 is 1.54 bits per heavy atom. The summed E-state index contributed by atoms with van der Waals surface area (Å²) in [5.41, 5.74) is 0.656. The van der Waals surface area contributed by atoms with E-state index in [0.717, 1.165) is 0 Å². The summed E-state index contributed by atoms with van der Waals surface area (Å²) in [6.45, 7) is 0.516. The van der Waals surface area contributed by atoms with Gasteiger partial charge in [-0.1, -0.05) is 11.6 Å². The molecule has 3 nitrogen and oxygen atoms in total. The summed E-state index contributed by atoms with van der Waals surface area (Å²) in [5.74, 6) is 0.755. The van der Waals surface area contributed by atoms with E-state index < -0.39 is 0 Å². The van der Waals surface area contributed by atoms with E-state index in [1.54, 1.807) is 26.3 Å². The van der Waals surface area contributed by atoms with Gasteiger partial charge in [-0.15, -0.1) is 0 Å². The third kappa shape index (κ3) is 2.05. The van der Waals surface area contributed by atoms with Crippen LogP contribution in [0.5, 0.6) is 11.5 Å². The van der Waals surface area contributed by atoms with Crippen molar-refractivity contribution in [2.45, 2.75) is 6.54 Å². The summed E-state index contributed by atoms with van der Waals surface area (Å²) in [4.78, 5) is 0. The second kappa shape index (κ2) is 4.35. The second-order valence-corrected chi connectivity index (χ2v) is 2.99. The van der Waals surface area contributed by atoms with Crippen LogP contribution in [0, 0.1) is 0 Å². The standard InChI is InChI=1S/C9H12ClNO2/c1-11-5-6-7(12)3-4-8(13-2)9(6)10/h3-4,11-12H,5H2,1-2H3. The first-order valence-corrected chi connectivity index (χ1v) is 4.27. The number of phenolic OH excluding ortho intramolecular Hbond substituents is 1. The Hall–Kier alpha value is -0.930. The highest BCUT2D eigenvalue weighted by Gasteiger charge is 2.10. The average molecular weight is 202 g/mol. The number of benzene rings is 1. The van der Waals surface area contributed by atoms with Crippen molar-refractivity contribution in [2.24, 2.45) is 0 Å². The molecule has 0 saturated heterocycles. The maximum Gasteiger partial charge on any atom is 0.138 e. The predicted molar refractivity (Wildman–Crippen MR) is 52.4 cm³/mol. The Morgan fingerprint density at radius 3 is 2.77 bits per heavy atom. The van der Waals surface area contributed by atoms with Gasteiger partial charge < -0.3 is 15.2 Å². The zero-order valence-corrected chi connectivity index (χ0v) is 8.35. The number of nitrogens with one attached hydrogen (secondary N) is 1. The minimum absolute atomic E-state index is 0.181. The molecule has 0 unspecified atom stereocenters. The summed E-state index contributed by atoms with van der Waals surface area (Å²) < 4.78 is 5.02. The molecule has 13 heavy (non-hydrogen) atoms. The van der Waals surface area contributed by atoms with Crippen molar-refractivity contribution in [1.29, 1.82) is 0 Å². The normalized spacial score (nSPS) is 10.1. The Bertz CT molecular complexity index is 302. The molecule has 0 amide bonds. The van der Waals surface area contributed by atoms with Crippen LogP contribution in [0.25, 0.3) is 0 Å². The first-order valence-electron chi connectivity index (χ1n) is 3.89. The fourth-order valence-corrected chi connectivity index (χ4v) is 1.40. The second-order valence-electron chi connectivity index (χ2n) is 2.61. The van der Waals surface area contributed by atoms with Crippen molar-refractivity contribution < 1.29 is 9.84 Å². The first-order chi connectivity index (χ1) is 6.20. The molecule has 0 aliphatic heterocycles. The van der Waals surface area contributed by atoms with Gasteiger partial charge in [0.05, 0.1) is 12.1 Å². The molecule has 0 fully saturated rings. The third-order valence-electron chi connectivity index (χ3n) is 1.76. The maximum absolute atomic E-state index is 9.46. The van der Waals surface area contributed by atoms with Gasteiger partial charge in [-0.3, -0.25) is 0 Å². The predicted octanol–water partition coefficient (Wildman–Crippen LogP) is 1.77. The largest absolute Gasteiger partial charge is 0.508 e. The molecule has 0 heterocycles. The van der Waals surface area contributed by atoms with Gasteiger partial charge in [0.1, 0.15) is 11.5 Å². The first kappa shape index (κ1) is 10.2. The van der Waals surface area contributed by atoms with Crippen LogP contribution in [0.4, 0.5) is 0 Å². The molecule has 0 radical (unpaired) electrons. The van der Waals surface area contributed by atoms with E-state index in [2.05, 4.69) is 5.32 Å². The van der Waals surface area contributed by atoms with Crippen molar-refractivity contribution in [3.05, 3.63) is 22.7 Å². The maximum atomic E-state index is 9.46. The SMILES string of the molecule is CNCc1c(O)ccc(OC)c1Cl. The fourth-order valence-electron chi connectivity index (χ4n) is 1.09. The van der Waals surface area contributed by atoms with Gasteiger partial charge in [0.15, 0.2) is 0 Å². The van der Waals surface area contributed by atoms with Crippen molar-refractivity contribution in [3.63, 3.8) is 0 Å². The van der Waals surface area contributed by atoms with Gasteiger partial charge in [0, 0.05) is 12.1 Å². The van der Waals surface area contributed by atoms with Crippen LogP contribution in [0.15, 0.2) is 12.1 Å². The number of methoxy groups -OCH3 is 1. The molecule has 2 N–H and O–H groups in total. The monoisotopic (exact) mass is 201 g/mol. The number of aromatic hydroxyl groups is 1. The van der Waals surface area contributed by atoms with Gasteiger partial charge in [-0.05, 0) is 19.2 Å². The fraction of sp³-hybridized carbons (Fsp3) is 0.333. The number of rotatable bonds is 3. The molecule has 0 aliphatic rings. The molecule has 0 saturated carbocycles. The van der Waals surface area contributed by atoms with Gasteiger partial charge in [0.25, 0.3) is 0 Å². The molecule has 4 heteroatoms. The number of halogens is 1. The quantitative estimate of drug-likeness (QED) is 0.784. The Kier molecular flexibility index (Phi) is 3.39. The van der Waals surface area contributed by atoms with E-state index in [9.17, 15) is 5.11 Å². The van der Waals surface area contributed by atoms with Gasteiger partial charge >= 0.3 is 0 Å². The lowest BCUT2D eigenvalue weighted by molar-refractivity contribution is 0.410. The van der Waals surface area contributed by atoms with E-state index >= 15 is 0 Å². The molecular weight excluding hydrogens is 190 g/mol. The summed E-state index contributed by atoms with van der Waals surface area (Å²) in [5, 5.41) is 12.8. The van der Waals surface area contributed by atoms with Crippen LogP contribution >= 0.6 is 11.6 Å². The molecule has 0 aliphatic carbocycles. The van der Waals surface area contributed by atoms with E-state index in [1.165, 1.54) is 0 Å². The van der Waals surface area contributed by atoms with E-state index in [0.29, 0.717) is 22.9 Å². The lowest BCUT2D eigenvalue weighted by Crippen LogP contribution is -2.06. The van der Waals surface area contributed by atoms with Crippen LogP contribution in [-0.2, 0) is 6.54 Å². The summed E-state index contributed by atoms with van der Waals surface area (Å²) in [6.07, 6.45) is 0. The third-order valence-corrected chi connectivity index (χ3v) is 2.17. The van der Waals surface area contributed by atoms with E-state index in [4.69, 9.17) is 16.3 Å². The number of ether oxygens (including phenoxy) is 1. The zero-order valence-electron chi connectivity index (χ0n) is 7.60. The Morgan fingerprint density at radius 2 is 2.23 bits per heavy atom. The molecule has 0 bridgehead atoms. The van der Waals surface area contributed by atoms with Crippen molar-refractivity contribution in [1.82, 2.24) is 5.32 Å². The number of hydrogen-bond acceptors (Lipinski definition) is 3. The molecule has 1 rings (SSSR count). The minimum atomic E-state index is 0.181. The van der Waals surface area contributed by atoms with Crippen LogP contribution < -0.4 is 10.1 Å². The number of phenols is 1. The van der Waals surface area contributed by atoms with Crippen LogP contribution in [0.3, 0.4) is 0 Å². The molecule has 1 aromatic carbocycles. The molecule has 0 spiro atoms. The lowest BCUT2D eigenvalue weighted by atomic mass is 10.2. The highest BCUT2D eigenvalue weighted by atomic mass is 35.5.